The van der Waals surface area contributed by atoms with Gasteiger partial charge in [0.1, 0.15) is 5.82 Å². The number of halogens is 2. The molecule has 24 heavy (non-hydrogen) atoms. The molecule has 1 aliphatic carbocycles. The minimum atomic E-state index is 0. The van der Waals surface area contributed by atoms with Crippen LogP contribution in [0.5, 0.6) is 0 Å². The molecular weight excluding hydrogens is 347 g/mol. The van der Waals surface area contributed by atoms with Crippen LogP contribution in [0.4, 0.5) is 5.82 Å². The Morgan fingerprint density at radius 1 is 1.12 bits per heavy atom. The number of pyridine rings is 1. The van der Waals surface area contributed by atoms with Gasteiger partial charge < -0.3 is 16.0 Å². The smallest absolute Gasteiger partial charge is 0.255 e. The van der Waals surface area contributed by atoms with Crippen molar-refractivity contribution in [3.8, 4) is 0 Å². The second-order valence-corrected chi connectivity index (χ2v) is 6.51. The van der Waals surface area contributed by atoms with E-state index in [1.54, 1.807) is 6.20 Å². The first-order chi connectivity index (χ1) is 10.7. The van der Waals surface area contributed by atoms with Crippen molar-refractivity contribution in [3.63, 3.8) is 0 Å². The van der Waals surface area contributed by atoms with E-state index in [4.69, 9.17) is 5.73 Å². The number of hydrogen-bond acceptors (Lipinski definition) is 4. The molecule has 0 atom stereocenters. The average Bonchev–Trinajstić information content (AvgIpc) is 2.58. The van der Waals surface area contributed by atoms with E-state index in [0.717, 1.165) is 44.6 Å². The summed E-state index contributed by atoms with van der Waals surface area (Å²) in [6, 6.07) is 4.29. The maximum Gasteiger partial charge on any atom is 0.255 e. The van der Waals surface area contributed by atoms with Crippen LogP contribution in [0.15, 0.2) is 18.3 Å². The van der Waals surface area contributed by atoms with Gasteiger partial charge in [0.25, 0.3) is 5.91 Å². The van der Waals surface area contributed by atoms with E-state index in [1.807, 2.05) is 12.1 Å². The zero-order valence-electron chi connectivity index (χ0n) is 13.9. The third kappa shape index (κ3) is 5.23. The van der Waals surface area contributed by atoms with Gasteiger partial charge in [-0.3, -0.25) is 4.79 Å². The summed E-state index contributed by atoms with van der Waals surface area (Å²) in [5.74, 6) is 0.848. The quantitative estimate of drug-likeness (QED) is 0.852. The van der Waals surface area contributed by atoms with Crippen LogP contribution in [0, 0.1) is 0 Å². The van der Waals surface area contributed by atoms with E-state index in [9.17, 15) is 4.79 Å². The molecule has 3 rings (SSSR count). The van der Waals surface area contributed by atoms with Crippen molar-refractivity contribution < 1.29 is 4.79 Å². The van der Waals surface area contributed by atoms with Gasteiger partial charge in [-0.05, 0) is 57.1 Å². The number of nitrogens with zero attached hydrogens (tertiary/aromatic N) is 2. The second kappa shape index (κ2) is 10.1. The minimum Gasteiger partial charge on any atom is -0.356 e. The van der Waals surface area contributed by atoms with Crippen molar-refractivity contribution in [1.82, 2.24) is 10.3 Å². The minimum absolute atomic E-state index is 0. The molecule has 7 heteroatoms. The topological polar surface area (TPSA) is 71.2 Å². The van der Waals surface area contributed by atoms with Gasteiger partial charge in [-0.1, -0.05) is 0 Å². The lowest BCUT2D eigenvalue weighted by Crippen LogP contribution is -2.41. The van der Waals surface area contributed by atoms with Crippen LogP contribution in [0.1, 0.15) is 55.3 Å². The van der Waals surface area contributed by atoms with Crippen molar-refractivity contribution in [2.75, 3.05) is 18.0 Å². The summed E-state index contributed by atoms with van der Waals surface area (Å²) < 4.78 is 0. The van der Waals surface area contributed by atoms with Gasteiger partial charge in [-0.25, -0.2) is 4.98 Å². The van der Waals surface area contributed by atoms with E-state index in [1.165, 1.54) is 19.3 Å². The maximum atomic E-state index is 12.6. The fraction of sp³-hybridized carbons (Fsp3) is 0.647. The Morgan fingerprint density at radius 3 is 2.46 bits per heavy atom. The molecule has 3 N–H and O–H groups in total. The highest BCUT2D eigenvalue weighted by atomic mass is 35.5. The maximum absolute atomic E-state index is 12.6. The molecule has 0 radical (unpaired) electrons. The van der Waals surface area contributed by atoms with E-state index < -0.39 is 0 Å². The Bertz CT molecular complexity index is 515. The van der Waals surface area contributed by atoms with Crippen molar-refractivity contribution in [1.29, 1.82) is 0 Å². The molecule has 0 spiro atoms. The van der Waals surface area contributed by atoms with E-state index in [2.05, 4.69) is 15.2 Å². The lowest BCUT2D eigenvalue weighted by Gasteiger charge is -2.30. The van der Waals surface area contributed by atoms with Gasteiger partial charge in [0.05, 0.1) is 5.56 Å². The fourth-order valence-corrected chi connectivity index (χ4v) is 3.46. The molecule has 1 saturated heterocycles. The molecule has 5 nitrogen and oxygen atoms in total. The van der Waals surface area contributed by atoms with Gasteiger partial charge in [-0.2, -0.15) is 0 Å². The molecule has 136 valence electrons. The second-order valence-electron chi connectivity index (χ2n) is 6.51. The molecule has 1 aromatic heterocycles. The summed E-state index contributed by atoms with van der Waals surface area (Å²) in [4.78, 5) is 19.4. The number of rotatable bonds is 3. The third-order valence-corrected chi connectivity index (χ3v) is 4.79. The van der Waals surface area contributed by atoms with Crippen LogP contribution in [-0.4, -0.2) is 36.1 Å². The summed E-state index contributed by atoms with van der Waals surface area (Å²) in [6.07, 6.45) is 9.36. The first kappa shape index (κ1) is 21.0. The lowest BCUT2D eigenvalue weighted by molar-refractivity contribution is 0.0926. The average molecular weight is 375 g/mol. The Hall–Kier alpha value is -1.04. The molecule has 0 unspecified atom stereocenters. The standard InChI is InChI=1S/C17H26N4O.2ClH/c18-13-6-8-14(9-7-13)20-17(22)15-5-4-10-19-16(15)21-11-2-1-3-12-21;;/h4-5,10,13-14H,1-3,6-9,11-12,18H2,(H,20,22);2*1H. The zero-order chi connectivity index (χ0) is 15.4. The van der Waals surface area contributed by atoms with Crippen LogP contribution >= 0.6 is 24.8 Å². The van der Waals surface area contributed by atoms with Crippen LogP contribution in [-0.2, 0) is 0 Å². The van der Waals surface area contributed by atoms with Gasteiger partial charge in [0.2, 0.25) is 0 Å². The zero-order valence-corrected chi connectivity index (χ0v) is 15.6. The highest BCUT2D eigenvalue weighted by molar-refractivity contribution is 5.99. The summed E-state index contributed by atoms with van der Waals surface area (Å²) in [6.45, 7) is 1.99. The number of nitrogens with two attached hydrogens (primary N) is 1. The normalized spacial score (nSPS) is 23.6. The lowest BCUT2D eigenvalue weighted by atomic mass is 9.91. The highest BCUT2D eigenvalue weighted by Gasteiger charge is 2.24. The number of aromatic nitrogens is 1. The van der Waals surface area contributed by atoms with Crippen LogP contribution in [0.25, 0.3) is 0 Å². The van der Waals surface area contributed by atoms with Crippen LogP contribution < -0.4 is 16.0 Å². The molecule has 1 aliphatic heterocycles. The Kier molecular flexibility index (Phi) is 8.81. The number of carbonyl (C=O) groups excluding carboxylic acids is 1. The summed E-state index contributed by atoms with van der Waals surface area (Å²) in [5, 5.41) is 3.17. The molecule has 0 bridgehead atoms. The number of nitrogens with one attached hydrogen (secondary N) is 1. The number of amides is 1. The van der Waals surface area contributed by atoms with Gasteiger partial charge in [0.15, 0.2) is 0 Å². The van der Waals surface area contributed by atoms with Crippen molar-refractivity contribution in [2.24, 2.45) is 5.73 Å². The molecule has 2 aliphatic rings. The predicted molar refractivity (Wildman–Crippen MR) is 102 cm³/mol. The van der Waals surface area contributed by atoms with Crippen molar-refractivity contribution in [2.45, 2.75) is 57.0 Å². The van der Waals surface area contributed by atoms with Gasteiger partial charge >= 0.3 is 0 Å². The summed E-state index contributed by atoms with van der Waals surface area (Å²) in [5.41, 5.74) is 6.64. The Balaban J connectivity index is 0.00000144. The number of carbonyl (C=O) groups is 1. The molecule has 1 aromatic rings. The predicted octanol–water partition coefficient (Wildman–Crippen LogP) is 2.92. The Labute approximate surface area is 156 Å². The molecule has 2 heterocycles. The fourth-order valence-electron chi connectivity index (χ4n) is 3.46. The van der Waals surface area contributed by atoms with E-state index >= 15 is 0 Å². The van der Waals surface area contributed by atoms with Crippen LogP contribution in [0.3, 0.4) is 0 Å². The molecular formula is C17H28Cl2N4O. The Morgan fingerprint density at radius 2 is 1.79 bits per heavy atom. The number of anilines is 1. The number of piperidine rings is 1. The molecule has 0 aromatic carbocycles. The first-order valence-corrected chi connectivity index (χ1v) is 8.50. The van der Waals surface area contributed by atoms with E-state index in [0.29, 0.717) is 11.6 Å². The monoisotopic (exact) mass is 374 g/mol. The molecule has 2 fully saturated rings. The molecule has 1 saturated carbocycles. The van der Waals surface area contributed by atoms with Crippen molar-refractivity contribution >= 4 is 36.5 Å². The first-order valence-electron chi connectivity index (χ1n) is 8.50. The largest absolute Gasteiger partial charge is 0.356 e. The summed E-state index contributed by atoms with van der Waals surface area (Å²) >= 11 is 0. The summed E-state index contributed by atoms with van der Waals surface area (Å²) in [7, 11) is 0. The number of hydrogen-bond donors (Lipinski definition) is 2. The van der Waals surface area contributed by atoms with Gasteiger partial charge in [0, 0.05) is 31.4 Å². The van der Waals surface area contributed by atoms with Crippen LogP contribution in [0.2, 0.25) is 0 Å². The molecule has 1 amide bonds. The SMILES string of the molecule is Cl.Cl.NC1CCC(NC(=O)c2cccnc2N2CCCCC2)CC1. The van der Waals surface area contributed by atoms with E-state index in [-0.39, 0.29) is 36.8 Å². The third-order valence-electron chi connectivity index (χ3n) is 4.79. The van der Waals surface area contributed by atoms with Crippen molar-refractivity contribution in [3.05, 3.63) is 23.9 Å². The highest BCUT2D eigenvalue weighted by Crippen LogP contribution is 2.23. The van der Waals surface area contributed by atoms with Gasteiger partial charge in [-0.15, -0.1) is 24.8 Å².